The molecule has 0 unspecified atom stereocenters. The van der Waals surface area contributed by atoms with Crippen molar-refractivity contribution in [1.29, 1.82) is 0 Å². The van der Waals surface area contributed by atoms with Crippen LogP contribution in [0.15, 0.2) is 0 Å². The van der Waals surface area contributed by atoms with E-state index in [9.17, 15) is 105 Å². The van der Waals surface area contributed by atoms with Gasteiger partial charge in [0.15, 0.2) is 31.5 Å². The summed E-state index contributed by atoms with van der Waals surface area (Å²) in [6.07, 6.45) is -58.8. The summed E-state index contributed by atoms with van der Waals surface area (Å²) in [5.74, 6) is -0.870. The summed E-state index contributed by atoms with van der Waals surface area (Å²) < 4.78 is 96.9. The van der Waals surface area contributed by atoms with Gasteiger partial charge in [0.1, 0.15) is 128 Å². The maximum absolute atomic E-state index is 12.3. The number of nitrogens with one attached hydrogen (secondary N) is 1. The van der Waals surface area contributed by atoms with Crippen LogP contribution in [-0.2, 0) is 66.7 Å². The summed E-state index contributed by atoms with van der Waals surface area (Å²) in [5.41, 5.74) is 0. The van der Waals surface area contributed by atoms with Gasteiger partial charge in [0.05, 0.1) is 51.3 Å². The summed E-state index contributed by atoms with van der Waals surface area (Å²) in [6, 6.07) is -1.75. The molecule has 0 spiro atoms. The summed E-state index contributed by atoms with van der Waals surface area (Å²) >= 11 is 0. The van der Waals surface area contributed by atoms with Gasteiger partial charge in [-0.1, -0.05) is 0 Å². The lowest BCUT2D eigenvalue weighted by Gasteiger charge is -2.52. The molecule has 33 nitrogen and oxygen atoms in total. The van der Waals surface area contributed by atoms with Crippen molar-refractivity contribution >= 4 is 16.3 Å². The second-order valence-corrected chi connectivity index (χ2v) is 18.8. The Morgan fingerprint density at radius 2 is 0.972 bits per heavy atom. The highest BCUT2D eigenvalue weighted by atomic mass is 32.3. The third kappa shape index (κ3) is 13.9. The number of carbonyl (C=O) groups is 1. The zero-order valence-electron chi connectivity index (χ0n) is 38.5. The third-order valence-electron chi connectivity index (χ3n) is 12.6. The van der Waals surface area contributed by atoms with Gasteiger partial charge in [-0.25, -0.2) is 4.18 Å². The van der Waals surface area contributed by atoms with Crippen molar-refractivity contribution in [1.82, 2.24) is 5.32 Å². The summed E-state index contributed by atoms with van der Waals surface area (Å²) in [4.78, 5) is 12.3. The monoisotopic (exact) mass is 1080 g/mol. The van der Waals surface area contributed by atoms with E-state index in [1.807, 2.05) is 0 Å². The second-order valence-electron chi connectivity index (χ2n) is 17.7. The SMILES string of the molecule is CC(=O)N[C@@H](CO)[C@@H](O[C@@H]1O[C@H](CO)[C@H](O[C@@H]2O[C@H](CO)[C@H](O)[C@H](OS(=O)(=O)O)[C@H]2O)[C@H](O[C@@H]2O[C@H](CO)[C@H](O)[C@H](O)[C@H]2O[C@@H]2O[C@@H](C)[C@@H](O)[C@@H](O)[C@@H]2O)[C@H]1O[C@@H]1O[C@@H](C)[C@@H](O)[C@@H](O)[C@@H]1O)[C@@H](O)[C@H](O)CO. The summed E-state index contributed by atoms with van der Waals surface area (Å²) in [6.45, 7) is -2.41. The van der Waals surface area contributed by atoms with Crippen molar-refractivity contribution in [3.05, 3.63) is 0 Å². The molecule has 0 aliphatic carbocycles. The van der Waals surface area contributed by atoms with Crippen molar-refractivity contribution in [2.45, 2.75) is 199 Å². The fourth-order valence-corrected chi connectivity index (χ4v) is 9.10. The molecule has 0 aromatic rings. The number of aliphatic hydroxyl groups excluding tert-OH is 17. The quantitative estimate of drug-likeness (QED) is 0.0475. The molecule has 72 heavy (non-hydrogen) atoms. The van der Waals surface area contributed by atoms with E-state index in [1.54, 1.807) is 0 Å². The fraction of sp³-hybridized carbons (Fsp3) is 0.974. The van der Waals surface area contributed by atoms with Gasteiger partial charge < -0.3 is 139 Å². The molecule has 0 aromatic heterocycles. The molecule has 5 heterocycles. The lowest BCUT2D eigenvalue weighted by atomic mass is 9.94. The molecule has 5 aliphatic heterocycles. The number of amides is 1. The van der Waals surface area contributed by atoms with Crippen molar-refractivity contribution in [2.75, 3.05) is 33.0 Å². The Kier molecular flexibility index (Phi) is 22.1. The Balaban J connectivity index is 1.72. The minimum absolute atomic E-state index is 0.870. The fourth-order valence-electron chi connectivity index (χ4n) is 8.59. The summed E-state index contributed by atoms with van der Waals surface area (Å²) in [5, 5.41) is 185. The van der Waals surface area contributed by atoms with E-state index in [0.717, 1.165) is 6.92 Å². The molecule has 29 atom stereocenters. The first-order valence-electron chi connectivity index (χ1n) is 22.4. The average molecular weight is 1080 g/mol. The molecule has 0 aromatic carbocycles. The zero-order valence-corrected chi connectivity index (χ0v) is 39.3. The molecule has 0 radical (unpaired) electrons. The molecule has 5 rings (SSSR count). The predicted octanol–water partition coefficient (Wildman–Crippen LogP) is -12.4. The van der Waals surface area contributed by atoms with Crippen LogP contribution in [0.5, 0.6) is 0 Å². The van der Waals surface area contributed by atoms with Crippen molar-refractivity contribution in [3.63, 3.8) is 0 Å². The van der Waals surface area contributed by atoms with Crippen LogP contribution in [0.2, 0.25) is 0 Å². The van der Waals surface area contributed by atoms with E-state index in [0.29, 0.717) is 0 Å². The van der Waals surface area contributed by atoms with Gasteiger partial charge in [0.25, 0.3) is 0 Å². The van der Waals surface area contributed by atoms with Gasteiger partial charge in [-0.05, 0) is 13.8 Å². The van der Waals surface area contributed by atoms with Crippen LogP contribution in [0.1, 0.15) is 20.8 Å². The van der Waals surface area contributed by atoms with Crippen LogP contribution in [0.4, 0.5) is 0 Å². The largest absolute Gasteiger partial charge is 0.397 e. The lowest BCUT2D eigenvalue weighted by Crippen LogP contribution is -2.70. The smallest absolute Gasteiger partial charge is 0.394 e. The van der Waals surface area contributed by atoms with Crippen LogP contribution in [0.3, 0.4) is 0 Å². The average Bonchev–Trinajstić information content (AvgIpc) is 3.33. The van der Waals surface area contributed by atoms with Crippen molar-refractivity contribution < 1.29 is 156 Å². The standard InChI is InChI=1S/C38H67NO32S/c1-9-17(47)22(52)25(55)34(61-9)68-31-24(54)20(50)14(6-42)64-37(31)69-32-29(67-36-27(57)30(71-72(58,59)60)21(51)15(7-43)63-36)16(8-44)65-38(33(32)70-35-26(56)23(53)18(48)10(2)62-35)66-28(19(49)13(46)5-41)12(4-40)39-11(3)45/h9-10,12-38,40-44,46-57H,4-8H2,1-3H3,(H,39,45)(H,58,59,60)/t9-,10-,12-,13+,14+,15+,16+,17+,18+,19-,20-,21-,22+,23+,24-,25-,26-,27+,28+,29-,30-,31+,32-,33+,34-,35-,36-,37-,38-/m0/s1. The van der Waals surface area contributed by atoms with Gasteiger partial charge in [-0.15, -0.1) is 0 Å². The maximum Gasteiger partial charge on any atom is 0.397 e. The topological polar surface area (TPSA) is 529 Å². The van der Waals surface area contributed by atoms with E-state index in [4.69, 9.17) is 47.4 Å². The zero-order chi connectivity index (χ0) is 53.8. The number of hydrogen-bond donors (Lipinski definition) is 19. The highest BCUT2D eigenvalue weighted by Crippen LogP contribution is 2.39. The molecule has 19 N–H and O–H groups in total. The second kappa shape index (κ2) is 26.1. The normalized spacial score (nSPS) is 46.0. The summed E-state index contributed by atoms with van der Waals surface area (Å²) in [7, 11) is -5.53. The van der Waals surface area contributed by atoms with Crippen LogP contribution in [0, 0.1) is 0 Å². The predicted molar refractivity (Wildman–Crippen MR) is 221 cm³/mol. The van der Waals surface area contributed by atoms with Crippen molar-refractivity contribution in [3.8, 4) is 0 Å². The molecule has 0 saturated carbocycles. The van der Waals surface area contributed by atoms with Gasteiger partial charge in [0, 0.05) is 6.92 Å². The Hall–Kier alpha value is -1.74. The molecule has 34 heteroatoms. The molecule has 5 aliphatic rings. The highest BCUT2D eigenvalue weighted by Gasteiger charge is 2.59. The minimum Gasteiger partial charge on any atom is -0.394 e. The van der Waals surface area contributed by atoms with E-state index in [2.05, 4.69) is 9.50 Å². The van der Waals surface area contributed by atoms with E-state index in [1.165, 1.54) is 13.8 Å². The molecule has 1 amide bonds. The molecule has 422 valence electrons. The number of hydrogen-bond acceptors (Lipinski definition) is 31. The molecular weight excluding hydrogens is 1010 g/mol. The van der Waals surface area contributed by atoms with E-state index >= 15 is 0 Å². The van der Waals surface area contributed by atoms with Gasteiger partial charge >= 0.3 is 10.4 Å². The lowest BCUT2D eigenvalue weighted by molar-refractivity contribution is -0.419. The molecular formula is C38H67NO32S. The van der Waals surface area contributed by atoms with E-state index in [-0.39, 0.29) is 0 Å². The number of carbonyl (C=O) groups excluding carboxylic acids is 1. The Bertz CT molecular complexity index is 1800. The van der Waals surface area contributed by atoms with Crippen molar-refractivity contribution in [2.24, 2.45) is 0 Å². The first-order chi connectivity index (χ1) is 33.7. The van der Waals surface area contributed by atoms with Crippen LogP contribution >= 0.6 is 0 Å². The van der Waals surface area contributed by atoms with Crippen LogP contribution in [0.25, 0.3) is 0 Å². The molecule has 5 fully saturated rings. The Morgan fingerprint density at radius 3 is 1.46 bits per heavy atom. The first kappa shape index (κ1) is 61.1. The maximum atomic E-state index is 12.3. The van der Waals surface area contributed by atoms with Gasteiger partial charge in [-0.2, -0.15) is 8.42 Å². The number of aliphatic hydroxyl groups is 17. The minimum atomic E-state index is -5.53. The van der Waals surface area contributed by atoms with Gasteiger partial charge in [0.2, 0.25) is 5.91 Å². The Morgan fingerprint density at radius 1 is 0.514 bits per heavy atom. The first-order valence-corrected chi connectivity index (χ1v) is 23.8. The molecule has 0 bridgehead atoms. The number of rotatable bonds is 21. The Labute approximate surface area is 409 Å². The third-order valence-corrected chi connectivity index (χ3v) is 13.1. The van der Waals surface area contributed by atoms with Crippen LogP contribution in [-0.4, -0.2) is 317 Å². The van der Waals surface area contributed by atoms with Crippen LogP contribution < -0.4 is 5.32 Å². The van der Waals surface area contributed by atoms with E-state index < -0.39 is 227 Å². The highest BCUT2D eigenvalue weighted by molar-refractivity contribution is 7.80. The molecule has 5 saturated heterocycles. The van der Waals surface area contributed by atoms with Gasteiger partial charge in [-0.3, -0.25) is 9.35 Å². The number of ether oxygens (including phenoxy) is 10.